The van der Waals surface area contributed by atoms with Crippen LogP contribution in [0.1, 0.15) is 36.3 Å². The Hall–Kier alpha value is -1.69. The zero-order valence-electron chi connectivity index (χ0n) is 15.5. The van der Waals surface area contributed by atoms with Crippen molar-refractivity contribution >= 4 is 0 Å². The van der Waals surface area contributed by atoms with Crippen molar-refractivity contribution in [3.8, 4) is 0 Å². The zero-order valence-corrected chi connectivity index (χ0v) is 15.5. The van der Waals surface area contributed by atoms with Gasteiger partial charge in [0.2, 0.25) is 0 Å². The third kappa shape index (κ3) is 4.34. The molecule has 140 valence electrons. The molecule has 26 heavy (non-hydrogen) atoms. The number of aromatic nitrogens is 1. The number of ether oxygens (including phenoxy) is 2. The number of aryl methyl sites for hydroxylation is 1. The summed E-state index contributed by atoms with van der Waals surface area (Å²) in [5, 5.41) is 0. The highest BCUT2D eigenvalue weighted by Gasteiger charge is 2.42. The molecule has 4 heterocycles. The first kappa shape index (κ1) is 17.7. The first-order valence-corrected chi connectivity index (χ1v) is 9.57. The Labute approximate surface area is 155 Å². The van der Waals surface area contributed by atoms with E-state index >= 15 is 0 Å². The number of rotatable bonds is 6. The fourth-order valence-electron chi connectivity index (χ4n) is 4.11. The van der Waals surface area contributed by atoms with Crippen molar-refractivity contribution in [3.63, 3.8) is 0 Å². The second kappa shape index (κ2) is 7.91. The van der Waals surface area contributed by atoms with E-state index in [4.69, 9.17) is 13.9 Å². The quantitative estimate of drug-likeness (QED) is 0.792. The van der Waals surface area contributed by atoms with Gasteiger partial charge in [0.1, 0.15) is 11.5 Å². The van der Waals surface area contributed by atoms with E-state index in [1.54, 1.807) is 12.4 Å². The maximum Gasteiger partial charge on any atom is 0.118 e. The Balaban J connectivity index is 1.20. The molecule has 0 aromatic carbocycles. The van der Waals surface area contributed by atoms with E-state index in [0.717, 1.165) is 49.7 Å². The van der Waals surface area contributed by atoms with Crippen molar-refractivity contribution in [2.45, 2.75) is 45.4 Å². The van der Waals surface area contributed by atoms with Crippen molar-refractivity contribution in [1.82, 2.24) is 9.88 Å². The van der Waals surface area contributed by atoms with Crippen molar-refractivity contribution in [1.29, 1.82) is 0 Å². The van der Waals surface area contributed by atoms with E-state index in [-0.39, 0.29) is 6.10 Å². The molecule has 1 atom stereocenters. The summed E-state index contributed by atoms with van der Waals surface area (Å²) in [5.41, 5.74) is 1.51. The summed E-state index contributed by atoms with van der Waals surface area (Å²) in [7, 11) is 0. The normalized spacial score (nSPS) is 22.9. The van der Waals surface area contributed by atoms with Crippen LogP contribution >= 0.6 is 0 Å². The molecule has 2 aromatic rings. The lowest BCUT2D eigenvalue weighted by molar-refractivity contribution is 0.00622. The van der Waals surface area contributed by atoms with Crippen molar-refractivity contribution in [2.75, 3.05) is 26.3 Å². The molecule has 2 aliphatic heterocycles. The van der Waals surface area contributed by atoms with Gasteiger partial charge in [-0.25, -0.2) is 0 Å². The number of likely N-dealkylation sites (tertiary alicyclic amines) is 1. The second-order valence-electron chi connectivity index (χ2n) is 7.80. The van der Waals surface area contributed by atoms with Gasteiger partial charge in [0.15, 0.2) is 0 Å². The molecule has 0 N–H and O–H groups in total. The van der Waals surface area contributed by atoms with E-state index in [9.17, 15) is 0 Å². The van der Waals surface area contributed by atoms with Gasteiger partial charge in [0, 0.05) is 12.4 Å². The van der Waals surface area contributed by atoms with Gasteiger partial charge >= 0.3 is 0 Å². The standard InChI is InChI=1S/C21H28N2O3/c1-17-2-3-19(26-17)13-23-10-6-21(7-11-23)12-20(25-16-21)15-24-14-18-4-8-22-9-5-18/h2-5,8-9,20H,6-7,10-16H2,1H3. The molecule has 1 spiro atoms. The Morgan fingerprint density at radius 2 is 2.00 bits per heavy atom. The van der Waals surface area contributed by atoms with Crippen LogP contribution in [-0.2, 0) is 22.6 Å². The Kier molecular flexibility index (Phi) is 5.38. The third-order valence-electron chi connectivity index (χ3n) is 5.70. The number of hydrogen-bond acceptors (Lipinski definition) is 5. The van der Waals surface area contributed by atoms with Crippen LogP contribution in [0.15, 0.2) is 41.1 Å². The molecule has 1 unspecified atom stereocenters. The van der Waals surface area contributed by atoms with Gasteiger partial charge in [-0.1, -0.05) is 0 Å². The van der Waals surface area contributed by atoms with Crippen LogP contribution in [0.5, 0.6) is 0 Å². The van der Waals surface area contributed by atoms with Crippen molar-refractivity contribution in [2.24, 2.45) is 5.41 Å². The minimum Gasteiger partial charge on any atom is -0.465 e. The molecule has 0 radical (unpaired) electrons. The van der Waals surface area contributed by atoms with E-state index < -0.39 is 0 Å². The smallest absolute Gasteiger partial charge is 0.118 e. The zero-order chi connectivity index (χ0) is 17.8. The van der Waals surface area contributed by atoms with Gasteiger partial charge in [-0.05, 0) is 74.5 Å². The summed E-state index contributed by atoms with van der Waals surface area (Å²) in [4.78, 5) is 6.53. The fourth-order valence-corrected chi connectivity index (χ4v) is 4.11. The Morgan fingerprint density at radius 1 is 1.19 bits per heavy atom. The highest BCUT2D eigenvalue weighted by Crippen LogP contribution is 2.42. The molecular weight excluding hydrogens is 328 g/mol. The molecule has 2 aliphatic rings. The Bertz CT molecular complexity index is 692. The SMILES string of the molecule is Cc1ccc(CN2CCC3(CC2)COC(COCc2ccncc2)C3)o1. The van der Waals surface area contributed by atoms with E-state index in [1.807, 2.05) is 25.1 Å². The van der Waals surface area contributed by atoms with Crippen LogP contribution in [-0.4, -0.2) is 42.3 Å². The molecule has 2 aromatic heterocycles. The van der Waals surface area contributed by atoms with Gasteiger partial charge in [-0.2, -0.15) is 0 Å². The summed E-state index contributed by atoms with van der Waals surface area (Å²) < 4.78 is 17.6. The molecule has 2 fully saturated rings. The average molecular weight is 356 g/mol. The fraction of sp³-hybridized carbons (Fsp3) is 0.571. The lowest BCUT2D eigenvalue weighted by Crippen LogP contribution is -2.40. The topological polar surface area (TPSA) is 47.7 Å². The molecule has 5 heteroatoms. The van der Waals surface area contributed by atoms with Crippen LogP contribution in [0.25, 0.3) is 0 Å². The van der Waals surface area contributed by atoms with E-state index in [2.05, 4.69) is 16.0 Å². The highest BCUT2D eigenvalue weighted by molar-refractivity contribution is 5.08. The first-order valence-electron chi connectivity index (χ1n) is 9.57. The summed E-state index contributed by atoms with van der Waals surface area (Å²) in [6, 6.07) is 8.12. The monoisotopic (exact) mass is 356 g/mol. The van der Waals surface area contributed by atoms with Crippen LogP contribution in [0.2, 0.25) is 0 Å². The molecule has 0 aliphatic carbocycles. The van der Waals surface area contributed by atoms with Gasteiger partial charge in [0.05, 0.1) is 32.5 Å². The third-order valence-corrected chi connectivity index (χ3v) is 5.70. The van der Waals surface area contributed by atoms with Crippen LogP contribution in [0.4, 0.5) is 0 Å². The number of hydrogen-bond donors (Lipinski definition) is 0. The van der Waals surface area contributed by atoms with Crippen LogP contribution in [0, 0.1) is 12.3 Å². The van der Waals surface area contributed by atoms with E-state index in [0.29, 0.717) is 18.6 Å². The molecule has 5 nitrogen and oxygen atoms in total. The van der Waals surface area contributed by atoms with Gasteiger partial charge in [-0.15, -0.1) is 0 Å². The highest BCUT2D eigenvalue weighted by atomic mass is 16.5. The maximum atomic E-state index is 6.07. The summed E-state index contributed by atoms with van der Waals surface area (Å²) in [6.45, 7) is 7.35. The molecule has 0 bridgehead atoms. The predicted octanol–water partition coefficient (Wildman–Crippen LogP) is 3.57. The maximum absolute atomic E-state index is 6.07. The Morgan fingerprint density at radius 3 is 2.73 bits per heavy atom. The van der Waals surface area contributed by atoms with E-state index in [1.165, 1.54) is 12.8 Å². The molecule has 0 saturated carbocycles. The first-order chi connectivity index (χ1) is 12.7. The van der Waals surface area contributed by atoms with Crippen molar-refractivity contribution in [3.05, 3.63) is 53.7 Å². The minimum absolute atomic E-state index is 0.233. The van der Waals surface area contributed by atoms with Gasteiger partial charge < -0.3 is 13.9 Å². The largest absolute Gasteiger partial charge is 0.465 e. The van der Waals surface area contributed by atoms with Crippen LogP contribution < -0.4 is 0 Å². The number of furan rings is 1. The van der Waals surface area contributed by atoms with Crippen molar-refractivity contribution < 1.29 is 13.9 Å². The summed E-state index contributed by atoms with van der Waals surface area (Å²) >= 11 is 0. The lowest BCUT2D eigenvalue weighted by Gasteiger charge is -2.38. The minimum atomic E-state index is 0.233. The molecular formula is C21H28N2O3. The number of piperidine rings is 1. The summed E-state index contributed by atoms with van der Waals surface area (Å²) in [5.74, 6) is 2.07. The molecule has 2 saturated heterocycles. The number of pyridine rings is 1. The predicted molar refractivity (Wildman–Crippen MR) is 98.6 cm³/mol. The van der Waals surface area contributed by atoms with Gasteiger partial charge in [-0.3, -0.25) is 9.88 Å². The lowest BCUT2D eigenvalue weighted by atomic mass is 9.76. The molecule has 0 amide bonds. The summed E-state index contributed by atoms with van der Waals surface area (Å²) in [6.07, 6.45) is 7.36. The second-order valence-corrected chi connectivity index (χ2v) is 7.80. The van der Waals surface area contributed by atoms with Crippen LogP contribution in [0.3, 0.4) is 0 Å². The van der Waals surface area contributed by atoms with Gasteiger partial charge in [0.25, 0.3) is 0 Å². The molecule has 4 rings (SSSR count). The number of nitrogens with zero attached hydrogens (tertiary/aromatic N) is 2. The average Bonchev–Trinajstić information content (AvgIpc) is 3.25.